The molecule has 0 aromatic heterocycles. The second kappa shape index (κ2) is 7.18. The summed E-state index contributed by atoms with van der Waals surface area (Å²) in [5.74, 6) is -0.107. The van der Waals surface area contributed by atoms with Crippen LogP contribution in [0, 0.1) is 0 Å². The first-order valence-electron chi connectivity index (χ1n) is 5.84. The lowest BCUT2D eigenvalue weighted by atomic mass is 10.2. The molecule has 0 bridgehead atoms. The van der Waals surface area contributed by atoms with Crippen molar-refractivity contribution in [2.24, 2.45) is 5.73 Å². The second-order valence-electron chi connectivity index (χ2n) is 3.95. The molecule has 0 unspecified atom stereocenters. The van der Waals surface area contributed by atoms with Gasteiger partial charge in [-0.1, -0.05) is 0 Å². The zero-order chi connectivity index (χ0) is 15.1. The van der Waals surface area contributed by atoms with E-state index in [2.05, 4.69) is 4.74 Å². The molecule has 108 valence electrons. The van der Waals surface area contributed by atoms with Crippen LogP contribution in [0.2, 0.25) is 0 Å². The van der Waals surface area contributed by atoms with Gasteiger partial charge in [-0.15, -0.1) is 0 Å². The summed E-state index contributed by atoms with van der Waals surface area (Å²) in [6, 6.07) is 4.64. The van der Waals surface area contributed by atoms with Crippen LogP contribution in [0.3, 0.4) is 0 Å². The fourth-order valence-corrected chi connectivity index (χ4v) is 1.42. The van der Waals surface area contributed by atoms with Gasteiger partial charge in [-0.2, -0.15) is 0 Å². The van der Waals surface area contributed by atoms with Crippen LogP contribution in [0.4, 0.5) is 0 Å². The fraction of sp³-hybridized carbons (Fsp3) is 0.286. The van der Waals surface area contributed by atoms with Crippen molar-refractivity contribution in [1.29, 1.82) is 0 Å². The third-order valence-corrected chi connectivity index (χ3v) is 2.55. The van der Waals surface area contributed by atoms with Gasteiger partial charge >= 0.3 is 5.97 Å². The van der Waals surface area contributed by atoms with Crippen molar-refractivity contribution in [1.82, 2.24) is 0 Å². The molecule has 0 aliphatic heterocycles. The van der Waals surface area contributed by atoms with Crippen LogP contribution in [0.5, 0.6) is 11.5 Å². The Labute approximate surface area is 117 Å². The fourth-order valence-electron chi connectivity index (χ4n) is 1.42. The van der Waals surface area contributed by atoms with Gasteiger partial charge in [-0.05, 0) is 25.1 Å². The maximum Gasteiger partial charge on any atom is 0.333 e. The summed E-state index contributed by atoms with van der Waals surface area (Å²) < 4.78 is 15.0. The zero-order valence-corrected chi connectivity index (χ0v) is 11.6. The first-order valence-corrected chi connectivity index (χ1v) is 5.84. The zero-order valence-electron chi connectivity index (χ0n) is 11.6. The largest absolute Gasteiger partial charge is 0.497 e. The van der Waals surface area contributed by atoms with Crippen molar-refractivity contribution in [3.8, 4) is 11.5 Å². The number of benzene rings is 1. The Hall–Kier alpha value is -2.50. The predicted octanol–water partition coefficient (Wildman–Crippen LogP) is 1.29. The van der Waals surface area contributed by atoms with Crippen LogP contribution in [0.15, 0.2) is 29.8 Å². The van der Waals surface area contributed by atoms with Crippen molar-refractivity contribution in [3.63, 3.8) is 0 Å². The monoisotopic (exact) mass is 279 g/mol. The first kappa shape index (κ1) is 15.6. The molecule has 20 heavy (non-hydrogen) atoms. The minimum absolute atomic E-state index is 0.159. The molecule has 0 atom stereocenters. The molecule has 0 radical (unpaired) electrons. The van der Waals surface area contributed by atoms with Crippen molar-refractivity contribution in [2.45, 2.75) is 6.92 Å². The number of ether oxygens (including phenoxy) is 3. The van der Waals surface area contributed by atoms with E-state index < -0.39 is 11.9 Å². The molecule has 0 aliphatic carbocycles. The first-order chi connectivity index (χ1) is 9.47. The SMILES string of the molecule is COC(=O)/C(C)=C/COc1cc(OC)cc(C(N)=O)c1. The van der Waals surface area contributed by atoms with Gasteiger partial charge in [0.25, 0.3) is 0 Å². The Balaban J connectivity index is 2.80. The van der Waals surface area contributed by atoms with Crippen LogP contribution < -0.4 is 15.2 Å². The molecule has 0 spiro atoms. The van der Waals surface area contributed by atoms with Gasteiger partial charge in [0, 0.05) is 17.2 Å². The number of carbonyl (C=O) groups is 2. The van der Waals surface area contributed by atoms with E-state index in [-0.39, 0.29) is 12.2 Å². The summed E-state index contributed by atoms with van der Waals surface area (Å²) in [5, 5.41) is 0. The maximum absolute atomic E-state index is 11.2. The lowest BCUT2D eigenvalue weighted by Gasteiger charge is -2.08. The second-order valence-corrected chi connectivity index (χ2v) is 3.95. The number of methoxy groups -OCH3 is 2. The molecule has 0 heterocycles. The number of hydrogen-bond acceptors (Lipinski definition) is 5. The lowest BCUT2D eigenvalue weighted by Crippen LogP contribution is -2.11. The number of primary amides is 1. The van der Waals surface area contributed by atoms with Crippen LogP contribution in [-0.2, 0) is 9.53 Å². The molecule has 1 rings (SSSR count). The highest BCUT2D eigenvalue weighted by molar-refractivity contribution is 5.93. The minimum Gasteiger partial charge on any atom is -0.497 e. The Kier molecular flexibility index (Phi) is 5.58. The normalized spacial score (nSPS) is 10.8. The molecule has 2 N–H and O–H groups in total. The molecule has 0 fully saturated rings. The number of nitrogens with two attached hydrogens (primary N) is 1. The van der Waals surface area contributed by atoms with Gasteiger partial charge in [0.05, 0.1) is 14.2 Å². The van der Waals surface area contributed by atoms with E-state index in [0.29, 0.717) is 17.1 Å². The van der Waals surface area contributed by atoms with E-state index in [4.69, 9.17) is 15.2 Å². The molecule has 6 heteroatoms. The van der Waals surface area contributed by atoms with Crippen molar-refractivity contribution < 1.29 is 23.8 Å². The van der Waals surface area contributed by atoms with Crippen molar-refractivity contribution in [2.75, 3.05) is 20.8 Å². The molecule has 1 amide bonds. The number of hydrogen-bond donors (Lipinski definition) is 1. The van der Waals surface area contributed by atoms with E-state index >= 15 is 0 Å². The highest BCUT2D eigenvalue weighted by Gasteiger charge is 2.07. The van der Waals surface area contributed by atoms with E-state index in [1.807, 2.05) is 0 Å². The molecule has 6 nitrogen and oxygen atoms in total. The standard InChI is InChI=1S/C14H17NO5/c1-9(14(17)19-3)4-5-20-12-7-10(13(15)16)6-11(8-12)18-2/h4,6-8H,5H2,1-3H3,(H2,15,16)/b9-4+. The molecule has 1 aromatic rings. The Morgan fingerprint density at radius 1 is 1.20 bits per heavy atom. The number of rotatable bonds is 6. The average molecular weight is 279 g/mol. The van der Waals surface area contributed by atoms with Crippen LogP contribution in [0.1, 0.15) is 17.3 Å². The van der Waals surface area contributed by atoms with Gasteiger partial charge in [-0.3, -0.25) is 4.79 Å². The van der Waals surface area contributed by atoms with Gasteiger partial charge < -0.3 is 19.9 Å². The van der Waals surface area contributed by atoms with Crippen LogP contribution >= 0.6 is 0 Å². The van der Waals surface area contributed by atoms with Crippen LogP contribution in [-0.4, -0.2) is 32.7 Å². The van der Waals surface area contributed by atoms with Crippen molar-refractivity contribution >= 4 is 11.9 Å². The molecule has 1 aromatic carbocycles. The van der Waals surface area contributed by atoms with E-state index in [9.17, 15) is 9.59 Å². The molecule has 0 saturated carbocycles. The maximum atomic E-state index is 11.2. The Morgan fingerprint density at radius 2 is 1.85 bits per heavy atom. The summed E-state index contributed by atoms with van der Waals surface area (Å²) in [7, 11) is 2.78. The highest BCUT2D eigenvalue weighted by Crippen LogP contribution is 2.22. The summed E-state index contributed by atoms with van der Waals surface area (Å²) in [6.45, 7) is 1.78. The summed E-state index contributed by atoms with van der Waals surface area (Å²) in [6.07, 6.45) is 1.58. The molecule has 0 saturated heterocycles. The molecular weight excluding hydrogens is 262 g/mol. The molecule has 0 aliphatic rings. The predicted molar refractivity (Wildman–Crippen MR) is 72.8 cm³/mol. The summed E-state index contributed by atoms with van der Waals surface area (Å²) in [5.41, 5.74) is 5.94. The van der Waals surface area contributed by atoms with E-state index in [1.165, 1.54) is 26.4 Å². The minimum atomic E-state index is -0.574. The quantitative estimate of drug-likeness (QED) is 0.626. The van der Waals surface area contributed by atoms with Crippen molar-refractivity contribution in [3.05, 3.63) is 35.4 Å². The topological polar surface area (TPSA) is 87.8 Å². The third-order valence-electron chi connectivity index (χ3n) is 2.55. The van der Waals surface area contributed by atoms with Gasteiger partial charge in [0.1, 0.15) is 18.1 Å². The number of carbonyl (C=O) groups excluding carboxylic acids is 2. The number of esters is 1. The Bertz CT molecular complexity index is 536. The van der Waals surface area contributed by atoms with Gasteiger partial charge in [0.15, 0.2) is 0 Å². The average Bonchev–Trinajstić information content (AvgIpc) is 2.45. The third kappa shape index (κ3) is 4.31. The molecular formula is C14H17NO5. The van der Waals surface area contributed by atoms with Gasteiger partial charge in [0.2, 0.25) is 5.91 Å². The van der Waals surface area contributed by atoms with E-state index in [0.717, 1.165) is 0 Å². The van der Waals surface area contributed by atoms with Gasteiger partial charge in [-0.25, -0.2) is 4.79 Å². The smallest absolute Gasteiger partial charge is 0.333 e. The Morgan fingerprint density at radius 3 is 2.40 bits per heavy atom. The van der Waals surface area contributed by atoms with E-state index in [1.54, 1.807) is 19.1 Å². The van der Waals surface area contributed by atoms with Crippen LogP contribution in [0.25, 0.3) is 0 Å². The summed E-state index contributed by atoms with van der Waals surface area (Å²) in [4.78, 5) is 22.3. The highest BCUT2D eigenvalue weighted by atomic mass is 16.5. The summed E-state index contributed by atoms with van der Waals surface area (Å²) >= 11 is 0. The lowest BCUT2D eigenvalue weighted by molar-refractivity contribution is -0.136. The number of amides is 1.